The Labute approximate surface area is 84.8 Å². The number of carboxylic acid groups (broad SMARTS) is 1. The van der Waals surface area contributed by atoms with Crippen molar-refractivity contribution in [3.8, 4) is 0 Å². The SMILES string of the molecule is NC(=O)CONCc1ccc(C(=O)O)o1. The van der Waals surface area contributed by atoms with Crippen LogP contribution in [0.5, 0.6) is 0 Å². The molecule has 0 aromatic carbocycles. The first-order chi connectivity index (χ1) is 7.09. The zero-order valence-electron chi connectivity index (χ0n) is 7.73. The van der Waals surface area contributed by atoms with E-state index in [-0.39, 0.29) is 18.9 Å². The number of furan rings is 1. The van der Waals surface area contributed by atoms with Gasteiger partial charge in [-0.25, -0.2) is 4.79 Å². The van der Waals surface area contributed by atoms with Gasteiger partial charge in [0.05, 0.1) is 6.54 Å². The molecule has 0 bridgehead atoms. The molecule has 0 radical (unpaired) electrons. The lowest BCUT2D eigenvalue weighted by atomic mass is 10.4. The van der Waals surface area contributed by atoms with Crippen molar-refractivity contribution >= 4 is 11.9 Å². The lowest BCUT2D eigenvalue weighted by molar-refractivity contribution is -0.125. The van der Waals surface area contributed by atoms with Gasteiger partial charge in [-0.3, -0.25) is 9.63 Å². The molecule has 7 nitrogen and oxygen atoms in total. The number of hydrogen-bond donors (Lipinski definition) is 3. The van der Waals surface area contributed by atoms with Gasteiger partial charge in [-0.2, -0.15) is 5.48 Å². The molecule has 4 N–H and O–H groups in total. The molecular formula is C8H10N2O5. The Morgan fingerprint density at radius 3 is 2.80 bits per heavy atom. The van der Waals surface area contributed by atoms with E-state index in [1.165, 1.54) is 12.1 Å². The largest absolute Gasteiger partial charge is 0.475 e. The Morgan fingerprint density at radius 2 is 2.27 bits per heavy atom. The van der Waals surface area contributed by atoms with Crippen molar-refractivity contribution in [1.82, 2.24) is 5.48 Å². The third-order valence-corrected chi connectivity index (χ3v) is 1.44. The summed E-state index contributed by atoms with van der Waals surface area (Å²) in [5, 5.41) is 8.54. The van der Waals surface area contributed by atoms with Crippen LogP contribution in [0.1, 0.15) is 16.3 Å². The minimum Gasteiger partial charge on any atom is -0.475 e. The van der Waals surface area contributed by atoms with Crippen LogP contribution in [-0.4, -0.2) is 23.6 Å². The van der Waals surface area contributed by atoms with E-state index in [1.807, 2.05) is 0 Å². The maximum Gasteiger partial charge on any atom is 0.371 e. The summed E-state index contributed by atoms with van der Waals surface area (Å²) in [5.41, 5.74) is 7.21. The van der Waals surface area contributed by atoms with Gasteiger partial charge in [-0.15, -0.1) is 0 Å². The van der Waals surface area contributed by atoms with Gasteiger partial charge in [0.15, 0.2) is 0 Å². The molecule has 0 aliphatic heterocycles. The summed E-state index contributed by atoms with van der Waals surface area (Å²) in [5.74, 6) is -1.51. The van der Waals surface area contributed by atoms with E-state index in [2.05, 4.69) is 10.3 Å². The minimum absolute atomic E-state index is 0.151. The first-order valence-electron chi connectivity index (χ1n) is 4.04. The zero-order chi connectivity index (χ0) is 11.3. The van der Waals surface area contributed by atoms with Crippen LogP contribution in [-0.2, 0) is 16.2 Å². The lowest BCUT2D eigenvalue weighted by Gasteiger charge is -2.00. The number of rotatable bonds is 6. The second-order valence-corrected chi connectivity index (χ2v) is 2.65. The van der Waals surface area contributed by atoms with Crippen LogP contribution >= 0.6 is 0 Å². The van der Waals surface area contributed by atoms with Crippen LogP contribution in [0.3, 0.4) is 0 Å². The third kappa shape index (κ3) is 3.79. The summed E-state index contributed by atoms with van der Waals surface area (Å²) < 4.78 is 4.89. The molecule has 0 fully saturated rings. The summed E-state index contributed by atoms with van der Waals surface area (Å²) in [4.78, 5) is 25.3. The number of nitrogens with two attached hydrogens (primary N) is 1. The van der Waals surface area contributed by atoms with E-state index < -0.39 is 11.9 Å². The Morgan fingerprint density at radius 1 is 1.53 bits per heavy atom. The van der Waals surface area contributed by atoms with Crippen molar-refractivity contribution in [3.05, 3.63) is 23.7 Å². The number of carbonyl (C=O) groups is 2. The Hall–Kier alpha value is -1.86. The van der Waals surface area contributed by atoms with Gasteiger partial charge in [-0.1, -0.05) is 0 Å². The highest BCUT2D eigenvalue weighted by atomic mass is 16.6. The summed E-state index contributed by atoms with van der Waals surface area (Å²) in [6.07, 6.45) is 0. The maximum absolute atomic E-state index is 10.4. The predicted molar refractivity (Wildman–Crippen MR) is 47.7 cm³/mol. The molecular weight excluding hydrogens is 204 g/mol. The molecule has 1 aromatic heterocycles. The summed E-state index contributed by atoms with van der Waals surface area (Å²) in [6.45, 7) is -0.104. The molecule has 1 heterocycles. The Bertz CT molecular complexity index is 360. The number of hydroxylamine groups is 1. The van der Waals surface area contributed by atoms with E-state index in [4.69, 9.17) is 15.3 Å². The van der Waals surface area contributed by atoms with Crippen molar-refractivity contribution in [3.63, 3.8) is 0 Å². The van der Waals surface area contributed by atoms with Crippen molar-refractivity contribution < 1.29 is 24.0 Å². The van der Waals surface area contributed by atoms with Crippen LogP contribution < -0.4 is 11.2 Å². The predicted octanol–water partition coefficient (Wildman–Crippen LogP) is -0.516. The van der Waals surface area contributed by atoms with Gasteiger partial charge in [0.2, 0.25) is 11.7 Å². The number of hydrogen-bond acceptors (Lipinski definition) is 5. The molecule has 0 saturated carbocycles. The lowest BCUT2D eigenvalue weighted by Crippen LogP contribution is -2.24. The van der Waals surface area contributed by atoms with E-state index in [0.717, 1.165) is 0 Å². The highest BCUT2D eigenvalue weighted by Gasteiger charge is 2.08. The highest BCUT2D eigenvalue weighted by Crippen LogP contribution is 2.06. The van der Waals surface area contributed by atoms with Gasteiger partial charge in [0.25, 0.3) is 0 Å². The van der Waals surface area contributed by atoms with Crippen LogP contribution in [0.15, 0.2) is 16.5 Å². The fraction of sp³-hybridized carbons (Fsp3) is 0.250. The molecule has 1 aromatic rings. The maximum atomic E-state index is 10.4. The molecule has 1 amide bonds. The van der Waals surface area contributed by atoms with Crippen LogP contribution in [0.4, 0.5) is 0 Å². The van der Waals surface area contributed by atoms with Crippen LogP contribution in [0, 0.1) is 0 Å². The van der Waals surface area contributed by atoms with Crippen molar-refractivity contribution in [2.45, 2.75) is 6.54 Å². The fourth-order valence-corrected chi connectivity index (χ4v) is 0.832. The molecule has 0 saturated heterocycles. The number of aromatic carboxylic acids is 1. The molecule has 0 spiro atoms. The number of carbonyl (C=O) groups excluding carboxylic acids is 1. The molecule has 0 aliphatic rings. The van der Waals surface area contributed by atoms with Gasteiger partial charge in [0, 0.05) is 0 Å². The average molecular weight is 214 g/mol. The zero-order valence-corrected chi connectivity index (χ0v) is 7.73. The second kappa shape index (κ2) is 5.13. The second-order valence-electron chi connectivity index (χ2n) is 2.65. The first-order valence-corrected chi connectivity index (χ1v) is 4.04. The topological polar surface area (TPSA) is 115 Å². The molecule has 7 heteroatoms. The average Bonchev–Trinajstić information content (AvgIpc) is 2.60. The molecule has 0 unspecified atom stereocenters. The summed E-state index contributed by atoms with van der Waals surface area (Å²) in [6, 6.07) is 2.82. The number of nitrogens with one attached hydrogen (secondary N) is 1. The van der Waals surface area contributed by atoms with Crippen LogP contribution in [0.2, 0.25) is 0 Å². The smallest absolute Gasteiger partial charge is 0.371 e. The van der Waals surface area contributed by atoms with Crippen LogP contribution in [0.25, 0.3) is 0 Å². The molecule has 0 atom stereocenters. The summed E-state index contributed by atoms with van der Waals surface area (Å²) in [7, 11) is 0. The van der Waals surface area contributed by atoms with Crippen molar-refractivity contribution in [2.75, 3.05) is 6.61 Å². The van der Waals surface area contributed by atoms with Gasteiger partial charge < -0.3 is 15.3 Å². The molecule has 1 rings (SSSR count). The number of primary amides is 1. The number of amides is 1. The highest BCUT2D eigenvalue weighted by molar-refractivity contribution is 5.84. The molecule has 15 heavy (non-hydrogen) atoms. The Kier molecular flexibility index (Phi) is 3.83. The molecule has 82 valence electrons. The van der Waals surface area contributed by atoms with Gasteiger partial charge in [0.1, 0.15) is 12.4 Å². The fourth-order valence-electron chi connectivity index (χ4n) is 0.832. The van der Waals surface area contributed by atoms with E-state index in [1.54, 1.807) is 0 Å². The summed E-state index contributed by atoms with van der Waals surface area (Å²) >= 11 is 0. The van der Waals surface area contributed by atoms with Crippen molar-refractivity contribution in [2.24, 2.45) is 5.73 Å². The van der Waals surface area contributed by atoms with Crippen molar-refractivity contribution in [1.29, 1.82) is 0 Å². The Balaban J connectivity index is 2.31. The quantitative estimate of drug-likeness (QED) is 0.433. The first kappa shape index (κ1) is 11.2. The van der Waals surface area contributed by atoms with Gasteiger partial charge in [-0.05, 0) is 12.1 Å². The standard InChI is InChI=1S/C8H10N2O5/c9-7(11)4-14-10-3-5-1-2-6(15-5)8(12)13/h1-2,10H,3-4H2,(H2,9,11)(H,12,13). The van der Waals surface area contributed by atoms with E-state index in [9.17, 15) is 9.59 Å². The minimum atomic E-state index is -1.14. The van der Waals surface area contributed by atoms with E-state index in [0.29, 0.717) is 5.76 Å². The molecule has 0 aliphatic carbocycles. The monoisotopic (exact) mass is 214 g/mol. The van der Waals surface area contributed by atoms with E-state index >= 15 is 0 Å². The van der Waals surface area contributed by atoms with Gasteiger partial charge >= 0.3 is 5.97 Å². The normalized spacial score (nSPS) is 10.1. The third-order valence-electron chi connectivity index (χ3n) is 1.44. The number of carboxylic acids is 1.